The minimum absolute atomic E-state index is 0.386. The van der Waals surface area contributed by atoms with Crippen LogP contribution in [0.3, 0.4) is 0 Å². The van der Waals surface area contributed by atoms with Gasteiger partial charge in [-0.05, 0) is 23.3 Å². The molecule has 0 radical (unpaired) electrons. The highest BCUT2D eigenvalue weighted by Gasteiger charge is 2.41. The predicted molar refractivity (Wildman–Crippen MR) is 52.9 cm³/mol. The maximum absolute atomic E-state index is 11.1. The maximum Gasteiger partial charge on any atom is 0.337 e. The minimum atomic E-state index is -0.908. The molecular formula is C8H11IO3. The molecule has 3 nitrogen and oxygen atoms in total. The zero-order valence-corrected chi connectivity index (χ0v) is 9.00. The Morgan fingerprint density at radius 1 is 1.67 bits per heavy atom. The summed E-state index contributed by atoms with van der Waals surface area (Å²) in [4.78, 5) is 11.1. The number of carbonyl (C=O) groups excluding carboxylic acids is 1. The standard InChI is InChI=1S/C8H11IO3/c1-12-7(10)6(5-9)8(11)3-2-4-8/h5,11H,2-4H2,1H3/b6-5+. The Balaban J connectivity index is 2.75. The molecule has 1 N–H and O–H groups in total. The largest absolute Gasteiger partial charge is 0.466 e. The van der Waals surface area contributed by atoms with Crippen LogP contribution in [-0.2, 0) is 9.53 Å². The lowest BCUT2D eigenvalue weighted by Crippen LogP contribution is -2.41. The number of methoxy groups -OCH3 is 1. The first-order valence-corrected chi connectivity index (χ1v) is 5.00. The molecule has 1 saturated carbocycles. The van der Waals surface area contributed by atoms with Crippen LogP contribution < -0.4 is 0 Å². The lowest BCUT2D eigenvalue weighted by atomic mass is 9.75. The molecule has 0 saturated heterocycles. The van der Waals surface area contributed by atoms with Gasteiger partial charge in [-0.2, -0.15) is 0 Å². The van der Waals surface area contributed by atoms with E-state index in [1.165, 1.54) is 7.11 Å². The van der Waals surface area contributed by atoms with Crippen molar-refractivity contribution in [3.63, 3.8) is 0 Å². The number of carbonyl (C=O) groups is 1. The average molecular weight is 282 g/mol. The van der Waals surface area contributed by atoms with E-state index in [0.29, 0.717) is 18.4 Å². The molecule has 0 bridgehead atoms. The van der Waals surface area contributed by atoms with Crippen molar-refractivity contribution in [2.45, 2.75) is 24.9 Å². The van der Waals surface area contributed by atoms with Crippen molar-refractivity contribution in [1.82, 2.24) is 0 Å². The van der Waals surface area contributed by atoms with E-state index in [9.17, 15) is 9.90 Å². The van der Waals surface area contributed by atoms with Crippen molar-refractivity contribution < 1.29 is 14.6 Å². The number of hydrogen-bond donors (Lipinski definition) is 1. The Hall–Kier alpha value is -0.100. The zero-order chi connectivity index (χ0) is 9.19. The summed E-state index contributed by atoms with van der Waals surface area (Å²) in [5.41, 5.74) is -0.522. The van der Waals surface area contributed by atoms with Gasteiger partial charge in [0.05, 0.1) is 18.3 Å². The quantitative estimate of drug-likeness (QED) is 0.473. The van der Waals surface area contributed by atoms with Crippen LogP contribution >= 0.6 is 22.6 Å². The molecule has 1 fully saturated rings. The fraction of sp³-hybridized carbons (Fsp3) is 0.625. The van der Waals surface area contributed by atoms with Gasteiger partial charge in [-0.15, -0.1) is 0 Å². The summed E-state index contributed by atoms with van der Waals surface area (Å²) in [7, 11) is 1.32. The van der Waals surface area contributed by atoms with E-state index in [4.69, 9.17) is 0 Å². The Labute approximate surface area is 84.9 Å². The van der Waals surface area contributed by atoms with Crippen LogP contribution in [0.15, 0.2) is 9.66 Å². The summed E-state index contributed by atoms with van der Waals surface area (Å²) < 4.78 is 6.15. The molecule has 0 heterocycles. The Morgan fingerprint density at radius 2 is 2.25 bits per heavy atom. The van der Waals surface area contributed by atoms with Gasteiger partial charge >= 0.3 is 5.97 Å². The molecule has 0 aliphatic heterocycles. The number of halogens is 1. The van der Waals surface area contributed by atoms with Gasteiger partial charge in [-0.3, -0.25) is 0 Å². The molecule has 1 aliphatic carbocycles. The number of rotatable bonds is 2. The summed E-state index contributed by atoms with van der Waals surface area (Å²) in [6.45, 7) is 0. The van der Waals surface area contributed by atoms with Gasteiger partial charge < -0.3 is 9.84 Å². The van der Waals surface area contributed by atoms with Crippen LogP contribution in [0.25, 0.3) is 0 Å². The molecule has 12 heavy (non-hydrogen) atoms. The van der Waals surface area contributed by atoms with Gasteiger partial charge in [0.25, 0.3) is 0 Å². The summed E-state index contributed by atoms with van der Waals surface area (Å²) in [6.07, 6.45) is 2.30. The molecule has 0 aromatic heterocycles. The Bertz CT molecular complexity index is 218. The first-order chi connectivity index (χ1) is 5.64. The van der Waals surface area contributed by atoms with Gasteiger partial charge in [-0.25, -0.2) is 4.79 Å². The molecule has 0 aromatic rings. The van der Waals surface area contributed by atoms with E-state index in [1.54, 1.807) is 4.08 Å². The molecule has 1 rings (SSSR count). The van der Waals surface area contributed by atoms with Crippen molar-refractivity contribution in [2.24, 2.45) is 0 Å². The molecule has 0 atom stereocenters. The Morgan fingerprint density at radius 3 is 2.50 bits per heavy atom. The molecular weight excluding hydrogens is 271 g/mol. The van der Waals surface area contributed by atoms with Crippen molar-refractivity contribution in [3.8, 4) is 0 Å². The molecule has 4 heteroatoms. The van der Waals surface area contributed by atoms with E-state index < -0.39 is 11.6 Å². The second kappa shape index (κ2) is 3.74. The zero-order valence-electron chi connectivity index (χ0n) is 6.84. The second-order valence-electron chi connectivity index (χ2n) is 2.90. The van der Waals surface area contributed by atoms with Crippen LogP contribution in [0.4, 0.5) is 0 Å². The van der Waals surface area contributed by atoms with Crippen molar-refractivity contribution in [1.29, 1.82) is 0 Å². The highest BCUT2D eigenvalue weighted by atomic mass is 127. The fourth-order valence-electron chi connectivity index (χ4n) is 1.23. The van der Waals surface area contributed by atoms with Crippen molar-refractivity contribution >= 4 is 28.6 Å². The fourth-order valence-corrected chi connectivity index (χ4v) is 2.06. The molecule has 1 aliphatic rings. The normalized spacial score (nSPS) is 21.4. The Kier molecular flexibility index (Phi) is 3.11. The van der Waals surface area contributed by atoms with Crippen LogP contribution in [0, 0.1) is 0 Å². The van der Waals surface area contributed by atoms with Crippen LogP contribution in [-0.4, -0.2) is 23.8 Å². The summed E-state index contributed by atoms with van der Waals surface area (Å²) in [5, 5.41) is 9.80. The lowest BCUT2D eigenvalue weighted by Gasteiger charge is -2.37. The third kappa shape index (κ3) is 1.64. The second-order valence-corrected chi connectivity index (χ2v) is 3.52. The number of hydrogen-bond acceptors (Lipinski definition) is 3. The number of aliphatic hydroxyl groups is 1. The first kappa shape index (κ1) is 9.98. The van der Waals surface area contributed by atoms with E-state index >= 15 is 0 Å². The van der Waals surface area contributed by atoms with Gasteiger partial charge in [-0.1, -0.05) is 22.6 Å². The van der Waals surface area contributed by atoms with Crippen LogP contribution in [0.1, 0.15) is 19.3 Å². The van der Waals surface area contributed by atoms with E-state index in [2.05, 4.69) is 4.74 Å². The third-order valence-electron chi connectivity index (χ3n) is 2.20. The topological polar surface area (TPSA) is 46.5 Å². The van der Waals surface area contributed by atoms with Gasteiger partial charge in [0.2, 0.25) is 0 Å². The molecule has 0 unspecified atom stereocenters. The summed E-state index contributed by atoms with van der Waals surface area (Å²) >= 11 is 1.95. The monoisotopic (exact) mass is 282 g/mol. The molecule has 0 spiro atoms. The van der Waals surface area contributed by atoms with E-state index in [-0.39, 0.29) is 0 Å². The van der Waals surface area contributed by atoms with Crippen molar-refractivity contribution in [2.75, 3.05) is 7.11 Å². The van der Waals surface area contributed by atoms with Gasteiger partial charge in [0, 0.05) is 0 Å². The third-order valence-corrected chi connectivity index (χ3v) is 2.82. The maximum atomic E-state index is 11.1. The van der Waals surface area contributed by atoms with E-state index in [0.717, 1.165) is 6.42 Å². The van der Waals surface area contributed by atoms with Crippen LogP contribution in [0.5, 0.6) is 0 Å². The molecule has 0 aromatic carbocycles. The predicted octanol–water partition coefficient (Wildman–Crippen LogP) is 1.39. The smallest absolute Gasteiger partial charge is 0.337 e. The molecule has 68 valence electrons. The first-order valence-electron chi connectivity index (χ1n) is 3.75. The SMILES string of the molecule is COC(=O)/C(=C\I)C1(O)CCC1. The van der Waals surface area contributed by atoms with Crippen molar-refractivity contribution in [3.05, 3.63) is 9.66 Å². The lowest BCUT2D eigenvalue weighted by molar-refractivity contribution is -0.140. The highest BCUT2D eigenvalue weighted by Crippen LogP contribution is 2.38. The summed E-state index contributed by atoms with van der Waals surface area (Å²) in [6, 6.07) is 0. The summed E-state index contributed by atoms with van der Waals surface area (Å²) in [5.74, 6) is -0.424. The van der Waals surface area contributed by atoms with Crippen LogP contribution in [0.2, 0.25) is 0 Å². The van der Waals surface area contributed by atoms with Gasteiger partial charge in [0.1, 0.15) is 0 Å². The van der Waals surface area contributed by atoms with E-state index in [1.807, 2.05) is 22.6 Å². The number of esters is 1. The average Bonchev–Trinajstić information content (AvgIpc) is 2.02. The highest BCUT2D eigenvalue weighted by molar-refractivity contribution is 14.1. The molecule has 0 amide bonds. The van der Waals surface area contributed by atoms with Gasteiger partial charge in [0.15, 0.2) is 0 Å². The number of ether oxygens (including phenoxy) is 1. The minimum Gasteiger partial charge on any atom is -0.466 e.